The van der Waals surface area contributed by atoms with Crippen LogP contribution in [-0.2, 0) is 0 Å². The standard InChI is InChI=1S/C12H12Cl2N4/c1-7-5-11(18-12(15-2)16-7)17-10-4-3-8(13)6-9(10)14/h3-6H,1-2H3,(H2,15,16,17,18). The van der Waals surface area contributed by atoms with E-state index in [2.05, 4.69) is 20.6 Å². The number of hydrogen-bond donors (Lipinski definition) is 2. The summed E-state index contributed by atoms with van der Waals surface area (Å²) >= 11 is 11.9. The van der Waals surface area contributed by atoms with Gasteiger partial charge in [0.15, 0.2) is 0 Å². The van der Waals surface area contributed by atoms with E-state index < -0.39 is 0 Å². The molecular formula is C12H12Cl2N4. The second-order valence-electron chi connectivity index (χ2n) is 3.72. The number of nitrogens with one attached hydrogen (secondary N) is 2. The van der Waals surface area contributed by atoms with Gasteiger partial charge in [0.25, 0.3) is 0 Å². The first-order valence-corrected chi connectivity index (χ1v) is 6.09. The number of anilines is 3. The van der Waals surface area contributed by atoms with Crippen molar-refractivity contribution in [1.82, 2.24) is 9.97 Å². The molecule has 1 aromatic carbocycles. The fourth-order valence-electron chi connectivity index (χ4n) is 1.47. The summed E-state index contributed by atoms with van der Waals surface area (Å²) in [5, 5.41) is 7.18. The van der Waals surface area contributed by atoms with Gasteiger partial charge in [0.2, 0.25) is 5.95 Å². The lowest BCUT2D eigenvalue weighted by molar-refractivity contribution is 1.10. The lowest BCUT2D eigenvalue weighted by Gasteiger charge is -2.09. The average molecular weight is 283 g/mol. The molecule has 0 atom stereocenters. The van der Waals surface area contributed by atoms with Gasteiger partial charge < -0.3 is 10.6 Å². The maximum atomic E-state index is 6.09. The van der Waals surface area contributed by atoms with E-state index in [9.17, 15) is 0 Å². The van der Waals surface area contributed by atoms with Gasteiger partial charge in [-0.05, 0) is 25.1 Å². The molecule has 0 saturated heterocycles. The van der Waals surface area contributed by atoms with Crippen LogP contribution >= 0.6 is 23.2 Å². The quantitative estimate of drug-likeness (QED) is 0.897. The number of aryl methyl sites for hydroxylation is 1. The molecular weight excluding hydrogens is 271 g/mol. The Morgan fingerprint density at radius 2 is 1.89 bits per heavy atom. The van der Waals surface area contributed by atoms with Crippen molar-refractivity contribution >= 4 is 40.7 Å². The van der Waals surface area contributed by atoms with Crippen molar-refractivity contribution in [3.63, 3.8) is 0 Å². The van der Waals surface area contributed by atoms with Crippen molar-refractivity contribution < 1.29 is 0 Å². The highest BCUT2D eigenvalue weighted by molar-refractivity contribution is 6.36. The van der Waals surface area contributed by atoms with E-state index in [-0.39, 0.29) is 0 Å². The summed E-state index contributed by atoms with van der Waals surface area (Å²) in [4.78, 5) is 8.50. The molecule has 0 saturated carbocycles. The zero-order valence-corrected chi connectivity index (χ0v) is 11.5. The largest absolute Gasteiger partial charge is 0.357 e. The molecule has 0 aliphatic carbocycles. The van der Waals surface area contributed by atoms with Crippen LogP contribution in [0.1, 0.15) is 5.69 Å². The number of aromatic nitrogens is 2. The van der Waals surface area contributed by atoms with Gasteiger partial charge in [0, 0.05) is 23.8 Å². The van der Waals surface area contributed by atoms with E-state index in [1.165, 1.54) is 0 Å². The maximum Gasteiger partial charge on any atom is 0.224 e. The number of hydrogen-bond acceptors (Lipinski definition) is 4. The van der Waals surface area contributed by atoms with Crippen LogP contribution in [0.25, 0.3) is 0 Å². The highest BCUT2D eigenvalue weighted by atomic mass is 35.5. The lowest BCUT2D eigenvalue weighted by atomic mass is 10.3. The Kier molecular flexibility index (Phi) is 3.89. The molecule has 94 valence electrons. The Morgan fingerprint density at radius 3 is 2.56 bits per heavy atom. The first-order valence-electron chi connectivity index (χ1n) is 5.34. The van der Waals surface area contributed by atoms with E-state index in [4.69, 9.17) is 23.2 Å². The van der Waals surface area contributed by atoms with Crippen molar-refractivity contribution in [3.05, 3.63) is 40.0 Å². The van der Waals surface area contributed by atoms with Gasteiger partial charge in [-0.3, -0.25) is 0 Å². The topological polar surface area (TPSA) is 49.8 Å². The number of halogens is 2. The minimum absolute atomic E-state index is 0.546. The second kappa shape index (κ2) is 5.42. The third kappa shape index (κ3) is 3.03. The van der Waals surface area contributed by atoms with Crippen LogP contribution < -0.4 is 10.6 Å². The molecule has 0 unspecified atom stereocenters. The van der Waals surface area contributed by atoms with Crippen LogP contribution in [0.5, 0.6) is 0 Å². The third-order valence-corrected chi connectivity index (χ3v) is 2.82. The molecule has 0 spiro atoms. The van der Waals surface area contributed by atoms with Crippen molar-refractivity contribution in [2.75, 3.05) is 17.7 Å². The summed E-state index contributed by atoms with van der Waals surface area (Å²) in [5.74, 6) is 1.23. The van der Waals surface area contributed by atoms with Crippen LogP contribution in [0, 0.1) is 6.92 Å². The fourth-order valence-corrected chi connectivity index (χ4v) is 1.93. The average Bonchev–Trinajstić information content (AvgIpc) is 2.32. The van der Waals surface area contributed by atoms with Crippen LogP contribution in [-0.4, -0.2) is 17.0 Å². The van der Waals surface area contributed by atoms with E-state index in [0.717, 1.165) is 11.4 Å². The molecule has 2 rings (SSSR count). The first-order chi connectivity index (χ1) is 8.58. The highest BCUT2D eigenvalue weighted by Gasteiger charge is 2.05. The van der Waals surface area contributed by atoms with Gasteiger partial charge in [0.1, 0.15) is 5.82 Å². The highest BCUT2D eigenvalue weighted by Crippen LogP contribution is 2.27. The van der Waals surface area contributed by atoms with Gasteiger partial charge in [-0.1, -0.05) is 23.2 Å². The Balaban J connectivity index is 2.30. The Hall–Kier alpha value is -1.52. The summed E-state index contributed by atoms with van der Waals surface area (Å²) in [6, 6.07) is 7.09. The molecule has 18 heavy (non-hydrogen) atoms. The molecule has 0 aliphatic heterocycles. The maximum absolute atomic E-state index is 6.09. The second-order valence-corrected chi connectivity index (χ2v) is 4.56. The molecule has 2 aromatic rings. The summed E-state index contributed by atoms with van der Waals surface area (Å²) < 4.78 is 0. The molecule has 0 radical (unpaired) electrons. The first kappa shape index (κ1) is 12.9. The lowest BCUT2D eigenvalue weighted by Crippen LogP contribution is -2.02. The van der Waals surface area contributed by atoms with Gasteiger partial charge in [0.05, 0.1) is 10.7 Å². The van der Waals surface area contributed by atoms with Gasteiger partial charge in [-0.25, -0.2) is 4.98 Å². The summed E-state index contributed by atoms with van der Waals surface area (Å²) in [6.07, 6.45) is 0. The minimum atomic E-state index is 0.546. The van der Waals surface area contributed by atoms with Crippen molar-refractivity contribution in [1.29, 1.82) is 0 Å². The van der Waals surface area contributed by atoms with E-state index in [1.54, 1.807) is 25.2 Å². The summed E-state index contributed by atoms with van der Waals surface area (Å²) in [6.45, 7) is 1.90. The molecule has 0 fully saturated rings. The summed E-state index contributed by atoms with van der Waals surface area (Å²) in [5.41, 5.74) is 1.61. The predicted molar refractivity (Wildman–Crippen MR) is 76.1 cm³/mol. The van der Waals surface area contributed by atoms with Gasteiger partial charge in [-0.15, -0.1) is 0 Å². The Bertz CT molecular complexity index is 572. The molecule has 1 aromatic heterocycles. The monoisotopic (exact) mass is 282 g/mol. The molecule has 0 bridgehead atoms. The van der Waals surface area contributed by atoms with Gasteiger partial charge >= 0.3 is 0 Å². The molecule has 0 amide bonds. The van der Waals surface area contributed by atoms with E-state index in [0.29, 0.717) is 21.8 Å². The molecule has 2 N–H and O–H groups in total. The van der Waals surface area contributed by atoms with E-state index in [1.807, 2.05) is 13.0 Å². The number of benzene rings is 1. The number of nitrogens with zero attached hydrogens (tertiary/aromatic N) is 2. The molecule has 1 heterocycles. The predicted octanol–water partition coefficient (Wildman–Crippen LogP) is 3.88. The normalized spacial score (nSPS) is 10.2. The van der Waals surface area contributed by atoms with Gasteiger partial charge in [-0.2, -0.15) is 4.98 Å². The zero-order chi connectivity index (χ0) is 13.1. The summed E-state index contributed by atoms with van der Waals surface area (Å²) in [7, 11) is 1.77. The SMILES string of the molecule is CNc1nc(C)cc(Nc2ccc(Cl)cc2Cl)n1. The molecule has 4 nitrogen and oxygen atoms in total. The van der Waals surface area contributed by atoms with Crippen LogP contribution in [0.3, 0.4) is 0 Å². The molecule has 0 aliphatic rings. The van der Waals surface area contributed by atoms with Crippen molar-refractivity contribution in [2.24, 2.45) is 0 Å². The third-order valence-electron chi connectivity index (χ3n) is 2.27. The smallest absolute Gasteiger partial charge is 0.224 e. The Labute approximate surface area is 115 Å². The zero-order valence-electron chi connectivity index (χ0n) is 9.96. The molecule has 6 heteroatoms. The van der Waals surface area contributed by atoms with Crippen molar-refractivity contribution in [3.8, 4) is 0 Å². The van der Waals surface area contributed by atoms with Crippen molar-refractivity contribution in [2.45, 2.75) is 6.92 Å². The fraction of sp³-hybridized carbons (Fsp3) is 0.167. The minimum Gasteiger partial charge on any atom is -0.357 e. The van der Waals surface area contributed by atoms with Crippen LogP contribution in [0.4, 0.5) is 17.5 Å². The number of rotatable bonds is 3. The van der Waals surface area contributed by atoms with Crippen LogP contribution in [0.15, 0.2) is 24.3 Å². The van der Waals surface area contributed by atoms with Crippen LogP contribution in [0.2, 0.25) is 10.0 Å². The van der Waals surface area contributed by atoms with E-state index >= 15 is 0 Å². The Morgan fingerprint density at radius 1 is 1.11 bits per heavy atom.